The molecule has 0 unspecified atom stereocenters. The van der Waals surface area contributed by atoms with Crippen molar-refractivity contribution in [2.75, 3.05) is 0 Å². The first-order valence-corrected chi connectivity index (χ1v) is 5.11. The third-order valence-electron chi connectivity index (χ3n) is 2.51. The molecule has 0 bridgehead atoms. The van der Waals surface area contributed by atoms with E-state index >= 15 is 0 Å². The number of hydroxylamine groups is 1. The second kappa shape index (κ2) is 3.79. The molecular weight excluding hydrogens is 218 g/mol. The third kappa shape index (κ3) is 1.67. The molecule has 5 heteroatoms. The molecule has 0 radical (unpaired) electrons. The molecule has 0 fully saturated rings. The van der Waals surface area contributed by atoms with Gasteiger partial charge in [0.1, 0.15) is 0 Å². The number of fused-ring (bicyclic) bond motifs is 1. The van der Waals surface area contributed by atoms with E-state index in [2.05, 4.69) is 15.7 Å². The lowest BCUT2D eigenvalue weighted by Gasteiger charge is -2.18. The molecule has 1 aromatic heterocycles. The number of nitrogens with one attached hydrogen (secondary N) is 2. The van der Waals surface area contributed by atoms with Crippen molar-refractivity contribution in [2.24, 2.45) is 0 Å². The van der Waals surface area contributed by atoms with E-state index in [1.54, 1.807) is 24.5 Å². The second-order valence-electron chi connectivity index (χ2n) is 3.62. The fourth-order valence-corrected chi connectivity index (χ4v) is 1.71. The molecule has 1 aliphatic heterocycles. The highest BCUT2D eigenvalue weighted by atomic mass is 16.7. The van der Waals surface area contributed by atoms with Crippen LogP contribution >= 0.6 is 0 Å². The highest BCUT2D eigenvalue weighted by molar-refractivity contribution is 6.25. The first kappa shape index (κ1) is 9.65. The molecule has 2 N–H and O–H groups in total. The standard InChI is InChI=1S/C12H9N3O2/c16-12-10(5-8-6-13-14-7-8)9-3-1-2-4-11(9)17-15-12/h1-7H,(H,13,14)(H,15,16). The maximum atomic E-state index is 11.7. The zero-order valence-corrected chi connectivity index (χ0v) is 8.81. The van der Waals surface area contributed by atoms with Gasteiger partial charge in [-0.3, -0.25) is 9.89 Å². The van der Waals surface area contributed by atoms with Crippen molar-refractivity contribution in [1.82, 2.24) is 15.7 Å². The molecule has 0 atom stereocenters. The molecule has 0 saturated carbocycles. The monoisotopic (exact) mass is 227 g/mol. The molecule has 1 amide bonds. The van der Waals surface area contributed by atoms with Crippen LogP contribution in [0.25, 0.3) is 11.6 Å². The van der Waals surface area contributed by atoms with Crippen molar-refractivity contribution in [1.29, 1.82) is 0 Å². The van der Waals surface area contributed by atoms with Crippen LogP contribution in [-0.4, -0.2) is 16.1 Å². The molecule has 2 aromatic rings. The van der Waals surface area contributed by atoms with Gasteiger partial charge in [-0.15, -0.1) is 0 Å². The van der Waals surface area contributed by atoms with Gasteiger partial charge in [0.05, 0.1) is 11.8 Å². The summed E-state index contributed by atoms with van der Waals surface area (Å²) in [5, 5.41) is 6.54. The van der Waals surface area contributed by atoms with E-state index < -0.39 is 0 Å². The summed E-state index contributed by atoms with van der Waals surface area (Å²) in [6, 6.07) is 7.37. The molecule has 1 aromatic carbocycles. The molecule has 0 saturated heterocycles. The maximum Gasteiger partial charge on any atom is 0.284 e. The largest absolute Gasteiger partial charge is 0.379 e. The van der Waals surface area contributed by atoms with Crippen LogP contribution in [0.2, 0.25) is 0 Å². The van der Waals surface area contributed by atoms with Crippen LogP contribution in [0, 0.1) is 0 Å². The number of benzene rings is 1. The Balaban J connectivity index is 2.13. The molecule has 0 aliphatic carbocycles. The van der Waals surface area contributed by atoms with Crippen LogP contribution in [0.5, 0.6) is 5.75 Å². The molecule has 17 heavy (non-hydrogen) atoms. The minimum Gasteiger partial charge on any atom is -0.379 e. The summed E-state index contributed by atoms with van der Waals surface area (Å²) >= 11 is 0. The number of aromatic nitrogens is 2. The Morgan fingerprint density at radius 2 is 2.18 bits per heavy atom. The van der Waals surface area contributed by atoms with Gasteiger partial charge in [-0.05, 0) is 12.1 Å². The lowest BCUT2D eigenvalue weighted by Crippen LogP contribution is -2.32. The minimum absolute atomic E-state index is 0.259. The third-order valence-corrected chi connectivity index (χ3v) is 2.51. The maximum absolute atomic E-state index is 11.7. The summed E-state index contributed by atoms with van der Waals surface area (Å²) in [7, 11) is 0. The normalized spacial score (nSPS) is 16.2. The van der Waals surface area contributed by atoms with E-state index in [0.717, 1.165) is 11.1 Å². The van der Waals surface area contributed by atoms with Crippen LogP contribution < -0.4 is 10.3 Å². The lowest BCUT2D eigenvalue weighted by atomic mass is 10.0. The first-order valence-electron chi connectivity index (χ1n) is 5.11. The van der Waals surface area contributed by atoms with E-state index in [1.807, 2.05) is 18.2 Å². The van der Waals surface area contributed by atoms with E-state index in [9.17, 15) is 4.79 Å². The molecule has 84 valence electrons. The number of hydrogen-bond acceptors (Lipinski definition) is 3. The Labute approximate surface area is 97.1 Å². The summed E-state index contributed by atoms with van der Waals surface area (Å²) in [6.45, 7) is 0. The molecule has 5 nitrogen and oxygen atoms in total. The summed E-state index contributed by atoms with van der Waals surface area (Å²) < 4.78 is 0. The van der Waals surface area contributed by atoms with Gasteiger partial charge in [0.2, 0.25) is 0 Å². The molecule has 1 aliphatic rings. The zero-order valence-electron chi connectivity index (χ0n) is 8.81. The smallest absolute Gasteiger partial charge is 0.284 e. The number of H-pyrrole nitrogens is 1. The van der Waals surface area contributed by atoms with Gasteiger partial charge in [-0.25, -0.2) is 0 Å². The molecule has 3 rings (SSSR count). The van der Waals surface area contributed by atoms with Crippen molar-refractivity contribution in [3.05, 3.63) is 47.8 Å². The average Bonchev–Trinajstić information content (AvgIpc) is 2.86. The summed E-state index contributed by atoms with van der Waals surface area (Å²) in [4.78, 5) is 16.9. The molecule has 0 spiro atoms. The van der Waals surface area contributed by atoms with Gasteiger partial charge in [0.15, 0.2) is 5.75 Å². The summed E-state index contributed by atoms with van der Waals surface area (Å²) in [6.07, 6.45) is 5.14. The van der Waals surface area contributed by atoms with Crippen molar-refractivity contribution >= 4 is 17.6 Å². The summed E-state index contributed by atoms with van der Waals surface area (Å²) in [5.74, 6) is 0.381. The predicted octanol–water partition coefficient (Wildman–Crippen LogP) is 1.37. The van der Waals surface area contributed by atoms with Gasteiger partial charge in [-0.2, -0.15) is 10.6 Å². The molecule has 2 heterocycles. The Hall–Kier alpha value is -2.56. The number of hydrogen-bond donors (Lipinski definition) is 2. The van der Waals surface area contributed by atoms with Crippen LogP contribution in [0.15, 0.2) is 36.7 Å². The van der Waals surface area contributed by atoms with Crippen LogP contribution in [0.4, 0.5) is 0 Å². The van der Waals surface area contributed by atoms with Gasteiger partial charge in [0.25, 0.3) is 5.91 Å². The predicted molar refractivity (Wildman–Crippen MR) is 61.7 cm³/mol. The van der Waals surface area contributed by atoms with E-state index in [4.69, 9.17) is 4.84 Å². The van der Waals surface area contributed by atoms with Crippen molar-refractivity contribution < 1.29 is 9.63 Å². The number of nitrogens with zero attached hydrogens (tertiary/aromatic N) is 1. The Morgan fingerprint density at radius 1 is 1.29 bits per heavy atom. The molecular formula is C12H9N3O2. The zero-order chi connectivity index (χ0) is 11.7. The Kier molecular flexibility index (Phi) is 2.15. The lowest BCUT2D eigenvalue weighted by molar-refractivity contribution is -0.122. The highest BCUT2D eigenvalue weighted by Gasteiger charge is 2.22. The summed E-state index contributed by atoms with van der Waals surface area (Å²) in [5.41, 5.74) is 4.54. The van der Waals surface area contributed by atoms with Gasteiger partial charge in [0, 0.05) is 17.3 Å². The Bertz CT molecular complexity index is 588. The number of amides is 1. The second-order valence-corrected chi connectivity index (χ2v) is 3.62. The van der Waals surface area contributed by atoms with Crippen molar-refractivity contribution in [2.45, 2.75) is 0 Å². The number of carbonyl (C=O) groups excluding carboxylic acids is 1. The number of carbonyl (C=O) groups is 1. The fraction of sp³-hybridized carbons (Fsp3) is 0. The Morgan fingerprint density at radius 3 is 3.00 bits per heavy atom. The topological polar surface area (TPSA) is 67.0 Å². The van der Waals surface area contributed by atoms with Crippen LogP contribution in [0.1, 0.15) is 11.1 Å². The first-order chi connectivity index (χ1) is 8.34. The van der Waals surface area contributed by atoms with Crippen LogP contribution in [0.3, 0.4) is 0 Å². The van der Waals surface area contributed by atoms with Gasteiger partial charge < -0.3 is 4.84 Å². The van der Waals surface area contributed by atoms with Crippen molar-refractivity contribution in [3.8, 4) is 5.75 Å². The quantitative estimate of drug-likeness (QED) is 0.723. The fourth-order valence-electron chi connectivity index (χ4n) is 1.71. The SMILES string of the molecule is O=C1NOc2ccccc2C1=Cc1cn[nH]c1. The van der Waals surface area contributed by atoms with Crippen LogP contribution in [-0.2, 0) is 4.79 Å². The van der Waals surface area contributed by atoms with E-state index in [0.29, 0.717) is 11.3 Å². The minimum atomic E-state index is -0.259. The van der Waals surface area contributed by atoms with E-state index in [-0.39, 0.29) is 5.91 Å². The van der Waals surface area contributed by atoms with Gasteiger partial charge >= 0.3 is 0 Å². The number of rotatable bonds is 1. The van der Waals surface area contributed by atoms with Crippen molar-refractivity contribution in [3.63, 3.8) is 0 Å². The average molecular weight is 227 g/mol. The van der Waals surface area contributed by atoms with E-state index in [1.165, 1.54) is 0 Å². The highest BCUT2D eigenvalue weighted by Crippen LogP contribution is 2.30. The number of para-hydroxylation sites is 1. The number of aromatic amines is 1. The van der Waals surface area contributed by atoms with Gasteiger partial charge in [-0.1, -0.05) is 18.2 Å².